The molecule has 0 aliphatic carbocycles. The summed E-state index contributed by atoms with van der Waals surface area (Å²) >= 11 is 0. The lowest BCUT2D eigenvalue weighted by atomic mass is 9.96. The minimum atomic E-state index is -1.21. The number of benzene rings is 1. The highest BCUT2D eigenvalue weighted by Crippen LogP contribution is 2.28. The van der Waals surface area contributed by atoms with Crippen molar-refractivity contribution in [1.29, 1.82) is 0 Å². The number of fused-ring (bicyclic) bond motifs is 1. The molecule has 1 aromatic carbocycles. The van der Waals surface area contributed by atoms with E-state index in [9.17, 15) is 14.7 Å². The van der Waals surface area contributed by atoms with Gasteiger partial charge in [-0.05, 0) is 39.3 Å². The Labute approximate surface area is 173 Å². The van der Waals surface area contributed by atoms with Crippen molar-refractivity contribution in [2.45, 2.75) is 39.0 Å². The molecule has 9 heteroatoms. The van der Waals surface area contributed by atoms with Gasteiger partial charge in [-0.1, -0.05) is 24.3 Å². The molecule has 0 saturated heterocycles. The van der Waals surface area contributed by atoms with E-state index in [1.54, 1.807) is 40.8 Å². The summed E-state index contributed by atoms with van der Waals surface area (Å²) in [7, 11) is 1.59. The van der Waals surface area contributed by atoms with Gasteiger partial charge in [-0.3, -0.25) is 10.1 Å². The van der Waals surface area contributed by atoms with Crippen molar-refractivity contribution in [2.24, 2.45) is 7.05 Å². The van der Waals surface area contributed by atoms with Gasteiger partial charge in [0.1, 0.15) is 16.9 Å². The first-order valence-electron chi connectivity index (χ1n) is 9.36. The van der Waals surface area contributed by atoms with E-state index < -0.39 is 17.4 Å². The van der Waals surface area contributed by atoms with Gasteiger partial charge < -0.3 is 20.1 Å². The van der Waals surface area contributed by atoms with E-state index in [1.165, 1.54) is 10.9 Å². The summed E-state index contributed by atoms with van der Waals surface area (Å²) in [4.78, 5) is 32.8. The smallest absolute Gasteiger partial charge is 0.406 e. The number of carboxylic acid groups (broad SMARTS) is 1. The topological polar surface area (TPSA) is 129 Å². The Bertz CT molecular complexity index is 1160. The zero-order valence-corrected chi connectivity index (χ0v) is 17.5. The minimum absolute atomic E-state index is 0.224. The fourth-order valence-electron chi connectivity index (χ4n) is 3.10. The summed E-state index contributed by atoms with van der Waals surface area (Å²) in [6.07, 6.45) is 0.220. The van der Waals surface area contributed by atoms with Crippen molar-refractivity contribution >= 4 is 22.8 Å². The third-order valence-corrected chi connectivity index (χ3v) is 4.64. The van der Waals surface area contributed by atoms with Crippen LogP contribution in [0.4, 0.5) is 10.6 Å². The van der Waals surface area contributed by atoms with E-state index in [0.29, 0.717) is 11.2 Å². The van der Waals surface area contributed by atoms with Crippen LogP contribution >= 0.6 is 0 Å². The van der Waals surface area contributed by atoms with E-state index in [-0.39, 0.29) is 16.8 Å². The maximum absolute atomic E-state index is 12.7. The highest BCUT2D eigenvalue weighted by atomic mass is 16.4. The maximum Gasteiger partial charge on any atom is 0.406 e. The SMILES string of the molecule is Cn1cnc2cc(-c3ccc(C(C)(C)O)cc3)nc(NC(C)(C)NC(=O)O)c2c1=O. The van der Waals surface area contributed by atoms with Crippen LogP contribution in [0, 0.1) is 0 Å². The number of pyridine rings is 1. The lowest BCUT2D eigenvalue weighted by molar-refractivity contribution is 0.0786. The molecule has 3 rings (SSSR count). The van der Waals surface area contributed by atoms with Crippen LogP contribution in [0.5, 0.6) is 0 Å². The van der Waals surface area contributed by atoms with Crippen molar-refractivity contribution in [3.8, 4) is 11.3 Å². The molecule has 2 aromatic heterocycles. The van der Waals surface area contributed by atoms with Gasteiger partial charge in [0, 0.05) is 12.6 Å². The molecule has 0 unspecified atom stereocenters. The second-order valence-electron chi connectivity index (χ2n) is 8.23. The van der Waals surface area contributed by atoms with E-state index in [0.717, 1.165) is 11.1 Å². The van der Waals surface area contributed by atoms with Gasteiger partial charge in [0.25, 0.3) is 5.56 Å². The monoisotopic (exact) mass is 411 g/mol. The standard InChI is InChI=1S/C21H25N5O4/c1-20(2,30)13-8-6-12(7-9-13)14-10-15-16(18(27)26(5)11-22-15)17(23-14)24-21(3,4)25-19(28)29/h6-11,25,30H,1-5H3,(H,23,24)(H,28,29). The largest absolute Gasteiger partial charge is 0.465 e. The molecule has 0 saturated carbocycles. The van der Waals surface area contributed by atoms with E-state index in [2.05, 4.69) is 20.6 Å². The Morgan fingerprint density at radius 3 is 2.33 bits per heavy atom. The summed E-state index contributed by atoms with van der Waals surface area (Å²) in [5, 5.41) is 24.9. The minimum Gasteiger partial charge on any atom is -0.465 e. The second kappa shape index (κ2) is 7.42. The molecular formula is C21H25N5O4. The van der Waals surface area contributed by atoms with Crippen molar-refractivity contribution in [2.75, 3.05) is 5.32 Å². The Balaban J connectivity index is 2.17. The fourth-order valence-corrected chi connectivity index (χ4v) is 3.10. The number of aromatic nitrogens is 3. The van der Waals surface area contributed by atoms with Crippen molar-refractivity contribution in [3.63, 3.8) is 0 Å². The van der Waals surface area contributed by atoms with Crippen LogP contribution in [0.15, 0.2) is 41.5 Å². The van der Waals surface area contributed by atoms with E-state index in [1.807, 2.05) is 24.3 Å². The highest BCUT2D eigenvalue weighted by Gasteiger charge is 2.23. The van der Waals surface area contributed by atoms with Crippen molar-refractivity contribution in [3.05, 3.63) is 52.6 Å². The highest BCUT2D eigenvalue weighted by molar-refractivity contribution is 5.91. The van der Waals surface area contributed by atoms with E-state index in [4.69, 9.17) is 5.11 Å². The zero-order chi connectivity index (χ0) is 22.3. The molecule has 3 aromatic rings. The van der Waals surface area contributed by atoms with Crippen LogP contribution in [0.2, 0.25) is 0 Å². The van der Waals surface area contributed by atoms with Crippen LogP contribution in [0.3, 0.4) is 0 Å². The second-order valence-corrected chi connectivity index (χ2v) is 8.23. The van der Waals surface area contributed by atoms with Crippen LogP contribution in [0.25, 0.3) is 22.2 Å². The zero-order valence-electron chi connectivity index (χ0n) is 17.5. The third kappa shape index (κ3) is 4.41. The van der Waals surface area contributed by atoms with Gasteiger partial charge in [0.05, 0.1) is 23.1 Å². The Hall–Kier alpha value is -3.46. The number of aryl methyl sites for hydroxylation is 1. The quantitative estimate of drug-likeness (QED) is 0.475. The van der Waals surface area contributed by atoms with Crippen LogP contribution in [0.1, 0.15) is 33.3 Å². The number of rotatable bonds is 5. The predicted molar refractivity (Wildman–Crippen MR) is 114 cm³/mol. The lowest BCUT2D eigenvalue weighted by Crippen LogP contribution is -2.49. The summed E-state index contributed by atoms with van der Waals surface area (Å²) in [6.45, 7) is 6.66. The number of nitrogens with zero attached hydrogens (tertiary/aromatic N) is 3. The molecule has 0 bridgehead atoms. The first-order valence-corrected chi connectivity index (χ1v) is 9.36. The molecule has 0 atom stereocenters. The van der Waals surface area contributed by atoms with Crippen molar-refractivity contribution in [1.82, 2.24) is 19.9 Å². The van der Waals surface area contributed by atoms with Gasteiger partial charge in [-0.25, -0.2) is 14.8 Å². The van der Waals surface area contributed by atoms with Crippen LogP contribution in [-0.4, -0.2) is 36.5 Å². The molecule has 0 spiro atoms. The normalized spacial score (nSPS) is 12.1. The molecule has 0 aliphatic rings. The summed E-state index contributed by atoms with van der Waals surface area (Å²) < 4.78 is 1.34. The number of amides is 1. The Kier molecular flexibility index (Phi) is 5.25. The molecule has 30 heavy (non-hydrogen) atoms. The van der Waals surface area contributed by atoms with E-state index >= 15 is 0 Å². The molecule has 158 valence electrons. The maximum atomic E-state index is 12.7. The number of nitrogens with one attached hydrogen (secondary N) is 2. The molecule has 0 aliphatic heterocycles. The molecule has 0 radical (unpaired) electrons. The van der Waals surface area contributed by atoms with Gasteiger partial charge in [0.2, 0.25) is 0 Å². The summed E-state index contributed by atoms with van der Waals surface area (Å²) in [6, 6.07) is 8.97. The van der Waals surface area contributed by atoms with Crippen LogP contribution in [-0.2, 0) is 12.6 Å². The fraction of sp³-hybridized carbons (Fsp3) is 0.333. The lowest BCUT2D eigenvalue weighted by Gasteiger charge is -2.27. The molecule has 1 amide bonds. The number of aliphatic hydroxyl groups is 1. The predicted octanol–water partition coefficient (Wildman–Crippen LogP) is 2.64. The third-order valence-electron chi connectivity index (χ3n) is 4.64. The van der Waals surface area contributed by atoms with Gasteiger partial charge in [0.15, 0.2) is 0 Å². The Morgan fingerprint density at radius 2 is 1.77 bits per heavy atom. The molecule has 2 heterocycles. The van der Waals surface area contributed by atoms with Gasteiger partial charge in [-0.15, -0.1) is 0 Å². The van der Waals surface area contributed by atoms with Gasteiger partial charge in [-0.2, -0.15) is 0 Å². The number of carbonyl (C=O) groups is 1. The van der Waals surface area contributed by atoms with Crippen molar-refractivity contribution < 1.29 is 15.0 Å². The number of anilines is 1. The Morgan fingerprint density at radius 1 is 1.13 bits per heavy atom. The molecule has 0 fully saturated rings. The number of hydrogen-bond donors (Lipinski definition) is 4. The van der Waals surface area contributed by atoms with Crippen LogP contribution < -0.4 is 16.2 Å². The number of hydrogen-bond acceptors (Lipinski definition) is 6. The molecular weight excluding hydrogens is 386 g/mol. The van der Waals surface area contributed by atoms with Gasteiger partial charge >= 0.3 is 6.09 Å². The average molecular weight is 411 g/mol. The molecule has 9 nitrogen and oxygen atoms in total. The molecule has 4 N–H and O–H groups in total. The summed E-state index contributed by atoms with van der Waals surface area (Å²) in [5.74, 6) is 0.224. The first-order chi connectivity index (χ1) is 13.9. The average Bonchev–Trinajstić information content (AvgIpc) is 2.62. The summed E-state index contributed by atoms with van der Waals surface area (Å²) in [5.41, 5.74) is 0.148. The first kappa shape index (κ1) is 21.3.